The van der Waals surface area contributed by atoms with Crippen LogP contribution in [0.3, 0.4) is 0 Å². The van der Waals surface area contributed by atoms with Crippen molar-refractivity contribution < 1.29 is 22.7 Å². The molecule has 2 aromatic carbocycles. The van der Waals surface area contributed by atoms with Gasteiger partial charge < -0.3 is 10.1 Å². The Kier molecular flexibility index (Phi) is 7.71. The fourth-order valence-corrected chi connectivity index (χ4v) is 3.61. The van der Waals surface area contributed by atoms with Crippen LogP contribution in [0.4, 0.5) is 0 Å². The predicted molar refractivity (Wildman–Crippen MR) is 106 cm³/mol. The number of rotatable bonds is 8. The van der Waals surface area contributed by atoms with Crippen molar-refractivity contribution in [3.63, 3.8) is 0 Å². The number of nitrogens with one attached hydrogen (secondary N) is 1. The van der Waals surface area contributed by atoms with Gasteiger partial charge in [0, 0.05) is 6.20 Å². The molecule has 0 saturated heterocycles. The van der Waals surface area contributed by atoms with Gasteiger partial charge in [-0.15, -0.1) is 0 Å². The number of benzene rings is 2. The van der Waals surface area contributed by atoms with Gasteiger partial charge in [-0.3, -0.25) is 4.79 Å². The standard InChI is InChI=1S/C21H21NO5S/c1-2-27-21(24)19(28(25,26)18-12-7-4-8-13-18)14-9-15-22-20(23)16-17-10-5-3-6-11-17/h3-15H,2,16H2,1H3,(H,22,23)/b15-9+,19-14+. The van der Waals surface area contributed by atoms with Gasteiger partial charge in [-0.25, -0.2) is 13.2 Å². The van der Waals surface area contributed by atoms with Crippen LogP contribution in [0.2, 0.25) is 0 Å². The Morgan fingerprint density at radius 2 is 1.61 bits per heavy atom. The van der Waals surface area contributed by atoms with E-state index in [0.29, 0.717) is 0 Å². The van der Waals surface area contributed by atoms with Gasteiger partial charge in [-0.1, -0.05) is 48.5 Å². The Morgan fingerprint density at radius 3 is 2.21 bits per heavy atom. The number of hydrogen-bond acceptors (Lipinski definition) is 5. The summed E-state index contributed by atoms with van der Waals surface area (Å²) in [7, 11) is -4.05. The predicted octanol–water partition coefficient (Wildman–Crippen LogP) is 2.78. The molecule has 0 radical (unpaired) electrons. The second-order valence-electron chi connectivity index (χ2n) is 5.66. The van der Waals surface area contributed by atoms with Crippen molar-refractivity contribution in [2.24, 2.45) is 0 Å². The van der Waals surface area contributed by atoms with Crippen LogP contribution in [0, 0.1) is 0 Å². The maximum atomic E-state index is 12.7. The van der Waals surface area contributed by atoms with Crippen LogP contribution >= 0.6 is 0 Å². The molecule has 0 unspecified atom stereocenters. The molecule has 0 saturated carbocycles. The molecule has 0 spiro atoms. The molecule has 2 aromatic rings. The molecule has 0 bridgehead atoms. The Morgan fingerprint density at radius 1 is 1.00 bits per heavy atom. The third kappa shape index (κ3) is 5.92. The topological polar surface area (TPSA) is 89.5 Å². The summed E-state index contributed by atoms with van der Waals surface area (Å²) in [4.78, 5) is 23.5. The highest BCUT2D eigenvalue weighted by Gasteiger charge is 2.27. The summed E-state index contributed by atoms with van der Waals surface area (Å²) in [5.41, 5.74) is 0.850. The number of carbonyl (C=O) groups is 2. The molecule has 2 rings (SSSR count). The Labute approximate surface area is 164 Å². The van der Waals surface area contributed by atoms with E-state index >= 15 is 0 Å². The van der Waals surface area contributed by atoms with E-state index in [-0.39, 0.29) is 23.8 Å². The largest absolute Gasteiger partial charge is 0.462 e. The van der Waals surface area contributed by atoms with Gasteiger partial charge in [0.2, 0.25) is 15.7 Å². The SMILES string of the molecule is CCOC(=O)/C(=C\C=C\NC(=O)Cc1ccccc1)S(=O)(=O)c1ccccc1. The number of allylic oxidation sites excluding steroid dienone is 2. The molecule has 1 N–H and O–H groups in total. The van der Waals surface area contributed by atoms with Gasteiger partial charge >= 0.3 is 5.97 Å². The molecule has 0 aliphatic heterocycles. The molecule has 0 heterocycles. The molecule has 1 amide bonds. The monoisotopic (exact) mass is 399 g/mol. The second-order valence-corrected chi connectivity index (χ2v) is 7.57. The third-order valence-electron chi connectivity index (χ3n) is 3.62. The smallest absolute Gasteiger partial charge is 0.350 e. The fourth-order valence-electron chi connectivity index (χ4n) is 2.31. The molecular formula is C21H21NO5S. The van der Waals surface area contributed by atoms with Crippen molar-refractivity contribution in [3.8, 4) is 0 Å². The number of sulfone groups is 1. The Bertz CT molecular complexity index is 964. The maximum absolute atomic E-state index is 12.7. The molecule has 0 aliphatic carbocycles. The van der Waals surface area contributed by atoms with E-state index in [1.165, 1.54) is 24.4 Å². The number of carbonyl (C=O) groups excluding carboxylic acids is 2. The number of hydrogen-bond donors (Lipinski definition) is 1. The van der Waals surface area contributed by atoms with Gasteiger partial charge in [-0.2, -0.15) is 0 Å². The molecule has 0 atom stereocenters. The van der Waals surface area contributed by atoms with Gasteiger partial charge in [0.15, 0.2) is 4.91 Å². The lowest BCUT2D eigenvalue weighted by atomic mass is 10.1. The van der Waals surface area contributed by atoms with Crippen molar-refractivity contribution in [3.05, 3.63) is 89.5 Å². The van der Waals surface area contributed by atoms with Crippen molar-refractivity contribution in [2.75, 3.05) is 6.61 Å². The highest BCUT2D eigenvalue weighted by atomic mass is 32.2. The van der Waals surface area contributed by atoms with Crippen LogP contribution in [-0.4, -0.2) is 26.9 Å². The van der Waals surface area contributed by atoms with E-state index in [4.69, 9.17) is 4.74 Å². The molecule has 0 aliphatic rings. The zero-order valence-electron chi connectivity index (χ0n) is 15.4. The summed E-state index contributed by atoms with van der Waals surface area (Å²) in [5.74, 6) is -1.22. The zero-order chi connectivity index (χ0) is 20.4. The van der Waals surface area contributed by atoms with Crippen molar-refractivity contribution in [1.29, 1.82) is 0 Å². The molecule has 28 heavy (non-hydrogen) atoms. The van der Waals surface area contributed by atoms with Gasteiger partial charge in [0.05, 0.1) is 17.9 Å². The van der Waals surface area contributed by atoms with E-state index < -0.39 is 20.7 Å². The summed E-state index contributed by atoms with van der Waals surface area (Å²) in [6.07, 6.45) is 3.87. The van der Waals surface area contributed by atoms with Gasteiger partial charge in [-0.05, 0) is 36.8 Å². The van der Waals surface area contributed by atoms with Gasteiger partial charge in [0.25, 0.3) is 0 Å². The van der Waals surface area contributed by atoms with E-state index in [2.05, 4.69) is 5.32 Å². The third-order valence-corrected chi connectivity index (χ3v) is 5.39. The lowest BCUT2D eigenvalue weighted by Crippen LogP contribution is -2.19. The summed E-state index contributed by atoms with van der Waals surface area (Å²) in [6.45, 7) is 1.63. The quantitative estimate of drug-likeness (QED) is 0.419. The first-order valence-electron chi connectivity index (χ1n) is 8.62. The minimum absolute atomic E-state index is 0.0178. The van der Waals surface area contributed by atoms with E-state index in [1.54, 1.807) is 25.1 Å². The van der Waals surface area contributed by atoms with Crippen molar-refractivity contribution in [1.82, 2.24) is 5.32 Å². The summed E-state index contributed by atoms with van der Waals surface area (Å²) < 4.78 is 30.3. The molecule has 0 aromatic heterocycles. The van der Waals surface area contributed by atoms with Crippen LogP contribution < -0.4 is 5.32 Å². The summed E-state index contributed by atoms with van der Waals surface area (Å²) in [5, 5.41) is 2.54. The zero-order valence-corrected chi connectivity index (χ0v) is 16.2. The maximum Gasteiger partial charge on any atom is 0.350 e. The minimum atomic E-state index is -4.05. The van der Waals surface area contributed by atoms with Crippen LogP contribution in [-0.2, 0) is 30.6 Å². The highest BCUT2D eigenvalue weighted by Crippen LogP contribution is 2.20. The first kappa shape index (κ1) is 21.1. The molecule has 0 fully saturated rings. The molecule has 7 heteroatoms. The average molecular weight is 399 g/mol. The van der Waals surface area contributed by atoms with E-state index in [0.717, 1.165) is 11.6 Å². The van der Waals surface area contributed by atoms with Crippen LogP contribution in [0.25, 0.3) is 0 Å². The van der Waals surface area contributed by atoms with Gasteiger partial charge in [0.1, 0.15) is 0 Å². The number of amides is 1. The second kappa shape index (κ2) is 10.2. The van der Waals surface area contributed by atoms with Crippen LogP contribution in [0.1, 0.15) is 12.5 Å². The molecule has 6 nitrogen and oxygen atoms in total. The number of esters is 1. The summed E-state index contributed by atoms with van der Waals surface area (Å²) in [6, 6.07) is 16.8. The number of ether oxygens (including phenoxy) is 1. The van der Waals surface area contributed by atoms with E-state index in [1.807, 2.05) is 30.3 Å². The van der Waals surface area contributed by atoms with Crippen molar-refractivity contribution in [2.45, 2.75) is 18.2 Å². The first-order valence-corrected chi connectivity index (χ1v) is 10.1. The average Bonchev–Trinajstić information content (AvgIpc) is 2.69. The molecular weight excluding hydrogens is 378 g/mol. The summed E-state index contributed by atoms with van der Waals surface area (Å²) >= 11 is 0. The highest BCUT2D eigenvalue weighted by molar-refractivity contribution is 7.96. The lowest BCUT2D eigenvalue weighted by Gasteiger charge is -2.08. The normalized spacial score (nSPS) is 12.0. The molecule has 146 valence electrons. The Hall–Kier alpha value is -3.19. The van der Waals surface area contributed by atoms with E-state index in [9.17, 15) is 18.0 Å². The Balaban J connectivity index is 2.15. The van der Waals surface area contributed by atoms with Crippen LogP contribution in [0.15, 0.2) is 88.8 Å². The van der Waals surface area contributed by atoms with Crippen LogP contribution in [0.5, 0.6) is 0 Å². The lowest BCUT2D eigenvalue weighted by molar-refractivity contribution is -0.137. The van der Waals surface area contributed by atoms with Crippen molar-refractivity contribution >= 4 is 21.7 Å². The fraction of sp³-hybridized carbons (Fsp3) is 0.143. The minimum Gasteiger partial charge on any atom is -0.462 e. The first-order chi connectivity index (χ1) is 13.4.